The molecule has 1 aliphatic heterocycles. The van der Waals surface area contributed by atoms with E-state index >= 15 is 0 Å². The normalized spacial score (nSPS) is 17.3. The second kappa shape index (κ2) is 8.26. The summed E-state index contributed by atoms with van der Waals surface area (Å²) < 4.78 is 27.8. The fourth-order valence-corrected chi connectivity index (χ4v) is 5.59. The van der Waals surface area contributed by atoms with Gasteiger partial charge in [0.05, 0.1) is 21.3 Å². The van der Waals surface area contributed by atoms with Gasteiger partial charge in [-0.3, -0.25) is 4.79 Å². The van der Waals surface area contributed by atoms with Crippen LogP contribution in [0.4, 0.5) is 5.69 Å². The van der Waals surface area contributed by atoms with E-state index in [1.807, 2.05) is 17.0 Å². The summed E-state index contributed by atoms with van der Waals surface area (Å²) >= 11 is 12.4. The molecule has 1 aliphatic carbocycles. The van der Waals surface area contributed by atoms with Gasteiger partial charge in [0, 0.05) is 32.2 Å². The van der Waals surface area contributed by atoms with Gasteiger partial charge in [-0.05, 0) is 37.1 Å². The Kier molecular flexibility index (Phi) is 5.85. The second-order valence-corrected chi connectivity index (χ2v) is 9.92. The Bertz CT molecular complexity index is 1080. The van der Waals surface area contributed by atoms with Crippen LogP contribution in [0.25, 0.3) is 0 Å². The molecule has 0 radical (unpaired) electrons. The van der Waals surface area contributed by atoms with Crippen molar-refractivity contribution in [3.8, 4) is 5.75 Å². The Morgan fingerprint density at radius 3 is 2.33 bits per heavy atom. The zero-order valence-corrected chi connectivity index (χ0v) is 18.3. The first-order valence-electron chi connectivity index (χ1n) is 9.60. The van der Waals surface area contributed by atoms with Gasteiger partial charge in [0.15, 0.2) is 0 Å². The number of sulfonamides is 1. The molecule has 2 N–H and O–H groups in total. The number of nitrogens with zero attached hydrogens (tertiary/aromatic N) is 2. The van der Waals surface area contributed by atoms with E-state index in [9.17, 15) is 18.3 Å². The van der Waals surface area contributed by atoms with Gasteiger partial charge in [0.25, 0.3) is 5.91 Å². The van der Waals surface area contributed by atoms with Crippen LogP contribution in [0.1, 0.15) is 23.2 Å². The molecule has 0 spiro atoms. The van der Waals surface area contributed by atoms with Gasteiger partial charge in [0.1, 0.15) is 10.6 Å². The number of carbonyl (C=O) groups excluding carboxylic acids is 1. The number of phenolic OH excluding ortho intramolecular Hbond substituents is 1. The molecule has 0 atom stereocenters. The van der Waals surface area contributed by atoms with Gasteiger partial charge in [0.2, 0.25) is 10.0 Å². The number of piperazine rings is 1. The first-order valence-corrected chi connectivity index (χ1v) is 11.8. The van der Waals surface area contributed by atoms with Gasteiger partial charge in [-0.1, -0.05) is 35.3 Å². The van der Waals surface area contributed by atoms with E-state index in [1.54, 1.807) is 17.0 Å². The van der Waals surface area contributed by atoms with Gasteiger partial charge in [-0.25, -0.2) is 13.1 Å². The summed E-state index contributed by atoms with van der Waals surface area (Å²) in [5.41, 5.74) is 0.821. The summed E-state index contributed by atoms with van der Waals surface area (Å²) in [6.07, 6.45) is 1.58. The van der Waals surface area contributed by atoms with Crippen LogP contribution >= 0.6 is 23.2 Å². The molecule has 1 saturated carbocycles. The third kappa shape index (κ3) is 4.37. The Morgan fingerprint density at radius 1 is 1.03 bits per heavy atom. The van der Waals surface area contributed by atoms with E-state index in [0.29, 0.717) is 31.9 Å². The van der Waals surface area contributed by atoms with Crippen molar-refractivity contribution < 1.29 is 18.3 Å². The fraction of sp³-hybridized carbons (Fsp3) is 0.350. The molecule has 0 unspecified atom stereocenters. The van der Waals surface area contributed by atoms with Crippen LogP contribution in [0.3, 0.4) is 0 Å². The predicted molar refractivity (Wildman–Crippen MR) is 116 cm³/mol. The summed E-state index contributed by atoms with van der Waals surface area (Å²) in [5, 5.41) is 10.1. The Morgan fingerprint density at radius 2 is 1.70 bits per heavy atom. The highest BCUT2D eigenvalue weighted by molar-refractivity contribution is 7.89. The van der Waals surface area contributed by atoms with Crippen molar-refractivity contribution in [2.45, 2.75) is 23.8 Å². The molecule has 160 valence electrons. The highest BCUT2D eigenvalue weighted by atomic mass is 35.5. The summed E-state index contributed by atoms with van der Waals surface area (Å²) in [4.78, 5) is 16.5. The molecule has 1 heterocycles. The van der Waals surface area contributed by atoms with E-state index in [0.717, 1.165) is 12.8 Å². The van der Waals surface area contributed by atoms with Crippen molar-refractivity contribution in [2.75, 3.05) is 31.1 Å². The van der Waals surface area contributed by atoms with Crippen LogP contribution in [0.5, 0.6) is 5.75 Å². The SMILES string of the molecule is O=C(c1cc(S(=O)(=O)NC2CC2)c(Cl)cc1Cl)N1CCN(c2ccccc2O)CC1. The van der Waals surface area contributed by atoms with Crippen molar-refractivity contribution in [3.63, 3.8) is 0 Å². The molecule has 0 bridgehead atoms. The molecule has 1 amide bonds. The van der Waals surface area contributed by atoms with Gasteiger partial charge < -0.3 is 14.9 Å². The van der Waals surface area contributed by atoms with Crippen molar-refractivity contribution >= 4 is 44.8 Å². The van der Waals surface area contributed by atoms with Crippen LogP contribution in [0, 0.1) is 0 Å². The minimum atomic E-state index is -3.83. The monoisotopic (exact) mass is 469 g/mol. The van der Waals surface area contributed by atoms with Gasteiger partial charge in [-0.15, -0.1) is 0 Å². The van der Waals surface area contributed by atoms with E-state index in [1.165, 1.54) is 12.1 Å². The Labute approximate surface area is 185 Å². The number of benzene rings is 2. The summed E-state index contributed by atoms with van der Waals surface area (Å²) in [5.74, 6) is -0.160. The summed E-state index contributed by atoms with van der Waals surface area (Å²) in [6, 6.07) is 9.53. The molecule has 2 aromatic rings. The molecule has 4 rings (SSSR count). The minimum Gasteiger partial charge on any atom is -0.506 e. The number of carbonyl (C=O) groups is 1. The maximum absolute atomic E-state index is 13.1. The van der Waals surface area contributed by atoms with Crippen LogP contribution in [0.15, 0.2) is 41.3 Å². The van der Waals surface area contributed by atoms with E-state index in [2.05, 4.69) is 4.72 Å². The predicted octanol–water partition coefficient (Wildman–Crippen LogP) is 3.10. The highest BCUT2D eigenvalue weighted by Gasteiger charge is 2.31. The molecular weight excluding hydrogens is 449 g/mol. The number of amides is 1. The molecule has 30 heavy (non-hydrogen) atoms. The lowest BCUT2D eigenvalue weighted by Crippen LogP contribution is -2.48. The zero-order valence-electron chi connectivity index (χ0n) is 16.0. The molecule has 10 heteroatoms. The first-order chi connectivity index (χ1) is 14.3. The quantitative estimate of drug-likeness (QED) is 0.701. The molecule has 0 aromatic heterocycles. The molecule has 2 aliphatic rings. The van der Waals surface area contributed by atoms with E-state index in [-0.39, 0.29) is 38.2 Å². The standard InChI is InChI=1S/C20H21Cl2N3O4S/c21-15-12-16(22)19(30(28,29)23-13-5-6-13)11-14(15)20(27)25-9-7-24(8-10-25)17-3-1-2-4-18(17)26/h1-4,11-13,23,26H,5-10H2. The average molecular weight is 470 g/mol. The number of phenols is 1. The van der Waals surface area contributed by atoms with Gasteiger partial charge >= 0.3 is 0 Å². The van der Waals surface area contributed by atoms with Crippen molar-refractivity contribution in [2.24, 2.45) is 0 Å². The van der Waals surface area contributed by atoms with Crippen molar-refractivity contribution in [3.05, 3.63) is 52.0 Å². The van der Waals surface area contributed by atoms with Crippen LogP contribution in [-0.2, 0) is 10.0 Å². The maximum Gasteiger partial charge on any atom is 0.255 e. The number of aromatic hydroxyl groups is 1. The minimum absolute atomic E-state index is 0.0194. The topological polar surface area (TPSA) is 90.0 Å². The molecule has 2 aromatic carbocycles. The lowest BCUT2D eigenvalue weighted by molar-refractivity contribution is 0.0746. The van der Waals surface area contributed by atoms with E-state index < -0.39 is 10.0 Å². The van der Waals surface area contributed by atoms with Gasteiger partial charge in [-0.2, -0.15) is 0 Å². The molecule has 7 nitrogen and oxygen atoms in total. The summed E-state index contributed by atoms with van der Waals surface area (Å²) in [7, 11) is -3.83. The van der Waals surface area contributed by atoms with Crippen LogP contribution < -0.4 is 9.62 Å². The van der Waals surface area contributed by atoms with Crippen LogP contribution in [0.2, 0.25) is 10.0 Å². The first kappa shape index (κ1) is 21.2. The zero-order chi connectivity index (χ0) is 21.5. The number of halogens is 2. The van der Waals surface area contributed by atoms with Crippen molar-refractivity contribution in [1.29, 1.82) is 0 Å². The fourth-order valence-electron chi connectivity index (χ4n) is 3.44. The number of para-hydroxylation sites is 2. The second-order valence-electron chi connectivity index (χ2n) is 7.43. The average Bonchev–Trinajstić information content (AvgIpc) is 3.51. The number of hydrogen-bond acceptors (Lipinski definition) is 5. The molecule has 2 fully saturated rings. The Hall–Kier alpha value is -2.00. The van der Waals surface area contributed by atoms with E-state index in [4.69, 9.17) is 23.2 Å². The third-order valence-electron chi connectivity index (χ3n) is 5.23. The third-order valence-corrected chi connectivity index (χ3v) is 7.53. The summed E-state index contributed by atoms with van der Waals surface area (Å²) in [6.45, 7) is 1.88. The number of hydrogen-bond donors (Lipinski definition) is 2. The smallest absolute Gasteiger partial charge is 0.255 e. The lowest BCUT2D eigenvalue weighted by Gasteiger charge is -2.36. The maximum atomic E-state index is 13.1. The number of nitrogens with one attached hydrogen (secondary N) is 1. The Balaban J connectivity index is 1.52. The lowest BCUT2D eigenvalue weighted by atomic mass is 10.1. The van der Waals surface area contributed by atoms with Crippen LogP contribution in [-0.4, -0.2) is 56.6 Å². The highest BCUT2D eigenvalue weighted by Crippen LogP contribution is 2.32. The molecule has 1 saturated heterocycles. The van der Waals surface area contributed by atoms with Crippen molar-refractivity contribution in [1.82, 2.24) is 9.62 Å². The largest absolute Gasteiger partial charge is 0.506 e. The number of anilines is 1. The number of rotatable bonds is 5. The molecular formula is C20H21Cl2N3O4S.